The highest BCUT2D eigenvalue weighted by atomic mass is 16.5. The summed E-state index contributed by atoms with van der Waals surface area (Å²) < 4.78 is 16.0. The summed E-state index contributed by atoms with van der Waals surface area (Å²) >= 11 is 0. The SMILES string of the molecule is COc1ccc([C@@H]2CC(c3ccc(OC)cc3OC(C)=O)=NN2C(=O)c2ccccc2)cc1. The minimum absolute atomic E-state index is 0.214. The van der Waals surface area contributed by atoms with Gasteiger partial charge < -0.3 is 14.2 Å². The van der Waals surface area contributed by atoms with Crippen molar-refractivity contribution >= 4 is 17.6 Å². The van der Waals surface area contributed by atoms with Crippen LogP contribution in [0.15, 0.2) is 77.9 Å². The smallest absolute Gasteiger partial charge is 0.308 e. The Hall–Kier alpha value is -4.13. The first-order valence-corrected chi connectivity index (χ1v) is 10.5. The van der Waals surface area contributed by atoms with Gasteiger partial charge in [0, 0.05) is 30.5 Å². The number of ether oxygens (including phenoxy) is 3. The van der Waals surface area contributed by atoms with Gasteiger partial charge in [-0.3, -0.25) is 9.59 Å². The first kappa shape index (κ1) is 22.1. The summed E-state index contributed by atoms with van der Waals surface area (Å²) in [6, 6.07) is 21.5. The molecule has 3 aromatic carbocycles. The Labute approximate surface area is 192 Å². The van der Waals surface area contributed by atoms with E-state index in [2.05, 4.69) is 0 Å². The number of esters is 1. The van der Waals surface area contributed by atoms with Gasteiger partial charge >= 0.3 is 5.97 Å². The number of methoxy groups -OCH3 is 2. The van der Waals surface area contributed by atoms with Gasteiger partial charge in [0.2, 0.25) is 0 Å². The summed E-state index contributed by atoms with van der Waals surface area (Å²) in [5, 5.41) is 6.19. The van der Waals surface area contributed by atoms with Crippen molar-refractivity contribution in [1.29, 1.82) is 0 Å². The van der Waals surface area contributed by atoms with Crippen LogP contribution in [0.5, 0.6) is 17.2 Å². The highest BCUT2D eigenvalue weighted by molar-refractivity contribution is 6.07. The summed E-state index contributed by atoms with van der Waals surface area (Å²) in [5.41, 5.74) is 2.73. The van der Waals surface area contributed by atoms with Crippen LogP contribution in [0.1, 0.15) is 40.9 Å². The van der Waals surface area contributed by atoms with Gasteiger partial charge in [-0.2, -0.15) is 5.10 Å². The number of carbonyl (C=O) groups excluding carboxylic acids is 2. The van der Waals surface area contributed by atoms with E-state index in [1.807, 2.05) is 42.5 Å². The van der Waals surface area contributed by atoms with Gasteiger partial charge in [-0.25, -0.2) is 5.01 Å². The Bertz CT molecular complexity index is 1190. The number of rotatable bonds is 6. The number of hydrogen-bond donors (Lipinski definition) is 0. The molecule has 168 valence electrons. The molecule has 1 heterocycles. The van der Waals surface area contributed by atoms with Crippen LogP contribution in [0.3, 0.4) is 0 Å². The Kier molecular flexibility index (Phi) is 6.40. The van der Waals surface area contributed by atoms with E-state index in [1.54, 1.807) is 44.6 Å². The molecular weight excluding hydrogens is 420 g/mol. The highest BCUT2D eigenvalue weighted by Crippen LogP contribution is 2.37. The van der Waals surface area contributed by atoms with E-state index < -0.39 is 5.97 Å². The molecule has 0 saturated carbocycles. The first-order valence-electron chi connectivity index (χ1n) is 10.5. The fraction of sp³-hybridized carbons (Fsp3) is 0.192. The number of hydrogen-bond acceptors (Lipinski definition) is 6. The van der Waals surface area contributed by atoms with E-state index in [0.29, 0.717) is 34.8 Å². The quantitative estimate of drug-likeness (QED) is 0.410. The average molecular weight is 444 g/mol. The molecule has 0 radical (unpaired) electrons. The molecule has 1 aliphatic rings. The third-order valence-corrected chi connectivity index (χ3v) is 5.39. The van der Waals surface area contributed by atoms with Crippen LogP contribution in [0.25, 0.3) is 0 Å². The van der Waals surface area contributed by atoms with Gasteiger partial charge in [0.05, 0.1) is 26.0 Å². The third kappa shape index (κ3) is 4.72. The van der Waals surface area contributed by atoms with E-state index in [0.717, 1.165) is 11.3 Å². The van der Waals surface area contributed by atoms with E-state index in [-0.39, 0.29) is 11.9 Å². The van der Waals surface area contributed by atoms with Gasteiger partial charge in [0.15, 0.2) is 0 Å². The van der Waals surface area contributed by atoms with Crippen molar-refractivity contribution < 1.29 is 23.8 Å². The fourth-order valence-electron chi connectivity index (χ4n) is 3.77. The van der Waals surface area contributed by atoms with Crippen molar-refractivity contribution in [2.24, 2.45) is 5.10 Å². The molecule has 0 bridgehead atoms. The lowest BCUT2D eigenvalue weighted by Gasteiger charge is -2.22. The number of amides is 1. The molecule has 0 saturated heterocycles. The highest BCUT2D eigenvalue weighted by Gasteiger charge is 2.34. The lowest BCUT2D eigenvalue weighted by Crippen LogP contribution is -2.27. The molecule has 0 spiro atoms. The molecular formula is C26H24N2O5. The van der Waals surface area contributed by atoms with Crippen molar-refractivity contribution in [2.75, 3.05) is 14.2 Å². The molecule has 0 aromatic heterocycles. The summed E-state index contributed by atoms with van der Waals surface area (Å²) in [6.45, 7) is 1.34. The summed E-state index contributed by atoms with van der Waals surface area (Å²) in [7, 11) is 3.15. The van der Waals surface area contributed by atoms with Gasteiger partial charge in [-0.15, -0.1) is 0 Å². The average Bonchev–Trinajstić information content (AvgIpc) is 3.29. The van der Waals surface area contributed by atoms with Crippen molar-refractivity contribution in [3.8, 4) is 17.2 Å². The number of benzene rings is 3. The molecule has 4 rings (SSSR count). The van der Waals surface area contributed by atoms with Gasteiger partial charge in [0.1, 0.15) is 17.2 Å². The van der Waals surface area contributed by atoms with Gasteiger partial charge in [-0.1, -0.05) is 30.3 Å². The van der Waals surface area contributed by atoms with Crippen molar-refractivity contribution in [2.45, 2.75) is 19.4 Å². The maximum absolute atomic E-state index is 13.4. The number of carbonyl (C=O) groups is 2. The third-order valence-electron chi connectivity index (χ3n) is 5.39. The van der Waals surface area contributed by atoms with Crippen molar-refractivity contribution in [3.05, 3.63) is 89.5 Å². The number of nitrogens with zero attached hydrogens (tertiary/aromatic N) is 2. The molecule has 33 heavy (non-hydrogen) atoms. The molecule has 1 amide bonds. The fourth-order valence-corrected chi connectivity index (χ4v) is 3.77. The van der Waals surface area contributed by atoms with Crippen molar-refractivity contribution in [3.63, 3.8) is 0 Å². The predicted molar refractivity (Wildman–Crippen MR) is 124 cm³/mol. The molecule has 1 aliphatic heterocycles. The zero-order valence-electron chi connectivity index (χ0n) is 18.6. The second kappa shape index (κ2) is 9.56. The second-order valence-electron chi connectivity index (χ2n) is 7.51. The van der Waals surface area contributed by atoms with E-state index in [9.17, 15) is 9.59 Å². The molecule has 1 atom stereocenters. The Morgan fingerprint density at radius 2 is 1.58 bits per heavy atom. The largest absolute Gasteiger partial charge is 0.497 e. The summed E-state index contributed by atoms with van der Waals surface area (Å²) in [6.07, 6.45) is 0.450. The molecule has 0 N–H and O–H groups in total. The van der Waals surface area contributed by atoms with Crippen LogP contribution in [0.4, 0.5) is 0 Å². The van der Waals surface area contributed by atoms with E-state index in [1.165, 1.54) is 11.9 Å². The Balaban J connectivity index is 1.76. The molecule has 7 nitrogen and oxygen atoms in total. The van der Waals surface area contributed by atoms with Crippen LogP contribution < -0.4 is 14.2 Å². The lowest BCUT2D eigenvalue weighted by molar-refractivity contribution is -0.131. The maximum atomic E-state index is 13.4. The maximum Gasteiger partial charge on any atom is 0.308 e. The molecule has 0 unspecified atom stereocenters. The van der Waals surface area contributed by atoms with E-state index in [4.69, 9.17) is 19.3 Å². The van der Waals surface area contributed by atoms with Crippen LogP contribution in [0.2, 0.25) is 0 Å². The number of hydrazone groups is 1. The zero-order chi connectivity index (χ0) is 23.4. The Morgan fingerprint density at radius 3 is 2.21 bits per heavy atom. The zero-order valence-corrected chi connectivity index (χ0v) is 18.6. The van der Waals surface area contributed by atoms with Crippen LogP contribution in [-0.4, -0.2) is 36.8 Å². The minimum Gasteiger partial charge on any atom is -0.497 e. The van der Waals surface area contributed by atoms with Crippen LogP contribution in [0, 0.1) is 0 Å². The monoisotopic (exact) mass is 444 g/mol. The lowest BCUT2D eigenvalue weighted by atomic mass is 9.97. The predicted octanol–water partition coefficient (Wildman–Crippen LogP) is 4.62. The summed E-state index contributed by atoms with van der Waals surface area (Å²) in [5.74, 6) is 0.952. The first-order chi connectivity index (χ1) is 16.0. The molecule has 3 aromatic rings. The van der Waals surface area contributed by atoms with Crippen LogP contribution >= 0.6 is 0 Å². The molecule has 0 aliphatic carbocycles. The standard InChI is InChI=1S/C26H24N2O5/c1-17(29)33-25-15-21(32-3)13-14-22(25)23-16-24(18-9-11-20(31-2)12-10-18)28(27-23)26(30)19-7-5-4-6-8-19/h4-15,24H,16H2,1-3H3/t24-/m0/s1. The normalized spacial score (nSPS) is 15.1. The topological polar surface area (TPSA) is 77.4 Å². The summed E-state index contributed by atoms with van der Waals surface area (Å²) in [4.78, 5) is 25.1. The second-order valence-corrected chi connectivity index (χ2v) is 7.51. The van der Waals surface area contributed by atoms with Crippen molar-refractivity contribution in [1.82, 2.24) is 5.01 Å². The van der Waals surface area contributed by atoms with E-state index >= 15 is 0 Å². The molecule has 0 fully saturated rings. The Morgan fingerprint density at radius 1 is 0.909 bits per heavy atom. The minimum atomic E-state index is -0.452. The van der Waals surface area contributed by atoms with Gasteiger partial charge in [-0.05, 0) is 42.0 Å². The van der Waals surface area contributed by atoms with Crippen LogP contribution in [-0.2, 0) is 4.79 Å². The van der Waals surface area contributed by atoms with Gasteiger partial charge in [0.25, 0.3) is 5.91 Å². The molecule has 7 heteroatoms.